The van der Waals surface area contributed by atoms with Gasteiger partial charge >= 0.3 is 0 Å². The second-order valence-corrected chi connectivity index (χ2v) is 7.87. The van der Waals surface area contributed by atoms with Crippen LogP contribution in [0.1, 0.15) is 19.0 Å². The Hall–Kier alpha value is -3.61. The lowest BCUT2D eigenvalue weighted by Gasteiger charge is -2.48. The number of aromatic amines is 1. The molecule has 0 unspecified atom stereocenters. The quantitative estimate of drug-likeness (QED) is 0.497. The Bertz CT molecular complexity index is 1280. The zero-order chi connectivity index (χ0) is 21.4. The molecule has 9 nitrogen and oxygen atoms in total. The van der Waals surface area contributed by atoms with Crippen molar-refractivity contribution < 1.29 is 5.11 Å². The fourth-order valence-electron chi connectivity index (χ4n) is 4.18. The average molecular weight is 414 g/mol. The molecule has 1 fully saturated rings. The van der Waals surface area contributed by atoms with Gasteiger partial charge in [0, 0.05) is 30.9 Å². The molecule has 0 saturated carbocycles. The van der Waals surface area contributed by atoms with Gasteiger partial charge in [-0.1, -0.05) is 6.92 Å². The van der Waals surface area contributed by atoms with E-state index in [2.05, 4.69) is 33.1 Å². The Kier molecular flexibility index (Phi) is 4.73. The first-order valence-electron chi connectivity index (χ1n) is 10.2. The third kappa shape index (κ3) is 3.26. The van der Waals surface area contributed by atoms with Gasteiger partial charge in [0.15, 0.2) is 0 Å². The molecular weight excluding hydrogens is 392 g/mol. The molecule has 4 aromatic heterocycles. The van der Waals surface area contributed by atoms with Crippen molar-refractivity contribution >= 4 is 10.9 Å². The van der Waals surface area contributed by atoms with Crippen molar-refractivity contribution in [3.63, 3.8) is 0 Å². The van der Waals surface area contributed by atoms with Crippen LogP contribution >= 0.6 is 0 Å². The molecule has 9 heteroatoms. The van der Waals surface area contributed by atoms with Crippen LogP contribution in [-0.2, 0) is 12.1 Å². The highest BCUT2D eigenvalue weighted by atomic mass is 16.3. The molecule has 1 aliphatic heterocycles. The van der Waals surface area contributed by atoms with Gasteiger partial charge in [0.05, 0.1) is 36.0 Å². The van der Waals surface area contributed by atoms with Crippen LogP contribution in [0.5, 0.6) is 0 Å². The lowest BCUT2D eigenvalue weighted by atomic mass is 9.87. The largest absolute Gasteiger partial charge is 0.390 e. The maximum Gasteiger partial charge on any atom is 0.111 e. The van der Waals surface area contributed by atoms with Gasteiger partial charge in [-0.2, -0.15) is 15.5 Å². The van der Waals surface area contributed by atoms with E-state index >= 15 is 0 Å². The minimum atomic E-state index is -0.299. The predicted octanol–water partition coefficient (Wildman–Crippen LogP) is 2.32. The van der Waals surface area contributed by atoms with Gasteiger partial charge in [0.25, 0.3) is 0 Å². The average Bonchev–Trinajstić information content (AvgIpc) is 3.45. The molecule has 1 saturated heterocycles. The Labute approximate surface area is 179 Å². The molecule has 5 rings (SSSR count). The van der Waals surface area contributed by atoms with Crippen LogP contribution in [0.3, 0.4) is 0 Å². The van der Waals surface area contributed by atoms with Crippen LogP contribution in [-0.4, -0.2) is 59.6 Å². The molecule has 4 aromatic rings. The van der Waals surface area contributed by atoms with E-state index in [0.717, 1.165) is 36.2 Å². The molecule has 0 aliphatic carbocycles. The fraction of sp³-hybridized carbons (Fsp3) is 0.318. The standard InChI is InChI=1S/C22H22N8O/c1-2-29-13-22(14-29,6-7-23)30-9-5-17(28-30)21-16-4-3-8-24-18(16)11-19(25-21)20-10-15(12-31)26-27-20/h3-5,8-11,31H,2,6,12-14H2,1H3,(H,26,27). The number of aromatic nitrogens is 6. The highest BCUT2D eigenvalue weighted by molar-refractivity contribution is 5.93. The van der Waals surface area contributed by atoms with Crippen molar-refractivity contribution in [1.29, 1.82) is 5.26 Å². The smallest absolute Gasteiger partial charge is 0.111 e. The minimum absolute atomic E-state index is 0.119. The minimum Gasteiger partial charge on any atom is -0.390 e. The topological polar surface area (TPSA) is 120 Å². The van der Waals surface area contributed by atoms with Crippen molar-refractivity contribution in [3.8, 4) is 28.8 Å². The maximum absolute atomic E-state index is 9.38. The first kappa shape index (κ1) is 19.4. The van der Waals surface area contributed by atoms with Gasteiger partial charge < -0.3 is 5.11 Å². The number of fused-ring (bicyclic) bond motifs is 1. The second kappa shape index (κ2) is 7.58. The summed E-state index contributed by atoms with van der Waals surface area (Å²) in [6, 6.07) is 11.8. The lowest BCUT2D eigenvalue weighted by Crippen LogP contribution is -2.62. The number of nitrogens with zero attached hydrogens (tertiary/aromatic N) is 7. The zero-order valence-corrected chi connectivity index (χ0v) is 17.2. The van der Waals surface area contributed by atoms with Crippen LogP contribution in [0.15, 0.2) is 42.7 Å². The summed E-state index contributed by atoms with van der Waals surface area (Å²) >= 11 is 0. The highest BCUT2D eigenvalue weighted by Crippen LogP contribution is 2.34. The van der Waals surface area contributed by atoms with Crippen molar-refractivity contribution in [2.24, 2.45) is 0 Å². The van der Waals surface area contributed by atoms with Gasteiger partial charge in [-0.15, -0.1) is 0 Å². The molecule has 0 radical (unpaired) electrons. The van der Waals surface area contributed by atoms with E-state index in [1.165, 1.54) is 0 Å². The summed E-state index contributed by atoms with van der Waals surface area (Å²) in [6.07, 6.45) is 4.10. The summed E-state index contributed by atoms with van der Waals surface area (Å²) in [5.41, 5.74) is 3.84. The van der Waals surface area contributed by atoms with E-state index < -0.39 is 0 Å². The number of hydrogen-bond acceptors (Lipinski definition) is 7. The normalized spacial score (nSPS) is 15.6. The molecule has 1 aliphatic rings. The third-order valence-corrected chi connectivity index (χ3v) is 5.87. The van der Waals surface area contributed by atoms with Gasteiger partial charge in [-0.05, 0) is 36.9 Å². The van der Waals surface area contributed by atoms with E-state index in [0.29, 0.717) is 29.2 Å². The molecule has 0 aromatic carbocycles. The molecule has 5 heterocycles. The zero-order valence-electron chi connectivity index (χ0n) is 17.2. The number of H-pyrrole nitrogens is 1. The maximum atomic E-state index is 9.38. The summed E-state index contributed by atoms with van der Waals surface area (Å²) in [4.78, 5) is 11.7. The Morgan fingerprint density at radius 1 is 1.23 bits per heavy atom. The van der Waals surface area contributed by atoms with E-state index in [1.54, 1.807) is 12.3 Å². The summed E-state index contributed by atoms with van der Waals surface area (Å²) < 4.78 is 1.92. The molecule has 0 atom stereocenters. The van der Waals surface area contributed by atoms with Gasteiger partial charge in [0.1, 0.15) is 22.6 Å². The Balaban J connectivity index is 1.60. The van der Waals surface area contributed by atoms with Crippen LogP contribution in [0.25, 0.3) is 33.7 Å². The van der Waals surface area contributed by atoms with Crippen molar-refractivity contribution in [3.05, 3.63) is 48.4 Å². The number of likely N-dealkylation sites (tertiary alicyclic amines) is 1. The van der Waals surface area contributed by atoms with Crippen LogP contribution < -0.4 is 0 Å². The molecule has 0 amide bonds. The number of hydrogen-bond donors (Lipinski definition) is 2. The van der Waals surface area contributed by atoms with Crippen LogP contribution in [0.4, 0.5) is 0 Å². The predicted molar refractivity (Wildman–Crippen MR) is 115 cm³/mol. The van der Waals surface area contributed by atoms with Crippen molar-refractivity contribution in [2.75, 3.05) is 19.6 Å². The van der Waals surface area contributed by atoms with Gasteiger partial charge in [-0.3, -0.25) is 19.7 Å². The van der Waals surface area contributed by atoms with Crippen LogP contribution in [0, 0.1) is 11.3 Å². The SMILES string of the molecule is CCN1CC(CC#N)(n2ccc(-c3nc(-c4cc(CO)[nH]n4)cc4ncccc34)n2)C1. The Morgan fingerprint density at radius 3 is 2.84 bits per heavy atom. The van der Waals surface area contributed by atoms with Crippen LogP contribution in [0.2, 0.25) is 0 Å². The first-order valence-corrected chi connectivity index (χ1v) is 10.2. The van der Waals surface area contributed by atoms with Gasteiger partial charge in [-0.25, -0.2) is 4.98 Å². The summed E-state index contributed by atoms with van der Waals surface area (Å²) in [6.45, 7) is 4.58. The summed E-state index contributed by atoms with van der Waals surface area (Å²) in [7, 11) is 0. The molecule has 2 N–H and O–H groups in total. The van der Waals surface area contributed by atoms with E-state index in [-0.39, 0.29) is 12.1 Å². The van der Waals surface area contributed by atoms with E-state index in [9.17, 15) is 10.4 Å². The molecular formula is C22H22N8O. The van der Waals surface area contributed by atoms with Gasteiger partial charge in [0.2, 0.25) is 0 Å². The van der Waals surface area contributed by atoms with E-state index in [4.69, 9.17) is 10.1 Å². The molecule has 31 heavy (non-hydrogen) atoms. The monoisotopic (exact) mass is 414 g/mol. The summed E-state index contributed by atoms with van der Waals surface area (Å²) in [5, 5.41) is 31.5. The molecule has 156 valence electrons. The number of nitriles is 1. The van der Waals surface area contributed by atoms with E-state index in [1.807, 2.05) is 35.1 Å². The molecule has 0 bridgehead atoms. The number of rotatable bonds is 6. The number of likely N-dealkylation sites (N-methyl/N-ethyl adjacent to an activating group) is 1. The second-order valence-electron chi connectivity index (χ2n) is 7.87. The number of aliphatic hydroxyl groups is 1. The number of nitrogens with one attached hydrogen (secondary N) is 1. The lowest BCUT2D eigenvalue weighted by molar-refractivity contribution is 0.00964. The highest BCUT2D eigenvalue weighted by Gasteiger charge is 2.44. The Morgan fingerprint density at radius 2 is 2.10 bits per heavy atom. The molecule has 0 spiro atoms. The first-order chi connectivity index (χ1) is 15.2. The van der Waals surface area contributed by atoms with Crippen molar-refractivity contribution in [1.82, 2.24) is 34.8 Å². The summed E-state index contributed by atoms with van der Waals surface area (Å²) in [5.74, 6) is 0. The number of pyridine rings is 2. The third-order valence-electron chi connectivity index (χ3n) is 5.87. The fourth-order valence-corrected chi connectivity index (χ4v) is 4.18. The van der Waals surface area contributed by atoms with Crippen molar-refractivity contribution in [2.45, 2.75) is 25.5 Å². The number of aliphatic hydroxyl groups excluding tert-OH is 1.